The summed E-state index contributed by atoms with van der Waals surface area (Å²) in [6, 6.07) is 8.11. The second kappa shape index (κ2) is 6.14. The SMILES string of the molecule is CCC(CCO)Nc1cc(C)ccc1C#N. The molecule has 86 valence electrons. The first kappa shape index (κ1) is 12.5. The van der Waals surface area contributed by atoms with Crippen molar-refractivity contribution in [2.45, 2.75) is 32.7 Å². The van der Waals surface area contributed by atoms with Gasteiger partial charge in [-0.1, -0.05) is 13.0 Å². The summed E-state index contributed by atoms with van der Waals surface area (Å²) in [7, 11) is 0. The van der Waals surface area contributed by atoms with Gasteiger partial charge in [-0.15, -0.1) is 0 Å². The molecule has 3 nitrogen and oxygen atoms in total. The van der Waals surface area contributed by atoms with Crippen molar-refractivity contribution >= 4 is 5.69 Å². The first-order valence-electron chi connectivity index (χ1n) is 5.59. The van der Waals surface area contributed by atoms with Crippen molar-refractivity contribution in [1.29, 1.82) is 5.26 Å². The maximum atomic E-state index is 8.99. The topological polar surface area (TPSA) is 56.0 Å². The summed E-state index contributed by atoms with van der Waals surface area (Å²) in [5.41, 5.74) is 2.64. The Morgan fingerprint density at radius 1 is 1.50 bits per heavy atom. The summed E-state index contributed by atoms with van der Waals surface area (Å²) in [5, 5.41) is 21.2. The second-order valence-corrected chi connectivity index (χ2v) is 3.92. The molecule has 0 amide bonds. The van der Waals surface area contributed by atoms with Crippen molar-refractivity contribution in [3.63, 3.8) is 0 Å². The third-order valence-electron chi connectivity index (χ3n) is 2.63. The normalized spacial score (nSPS) is 11.9. The van der Waals surface area contributed by atoms with Crippen molar-refractivity contribution in [1.82, 2.24) is 0 Å². The summed E-state index contributed by atoms with van der Waals surface area (Å²) < 4.78 is 0. The van der Waals surface area contributed by atoms with Gasteiger partial charge in [0, 0.05) is 12.6 Å². The van der Waals surface area contributed by atoms with Gasteiger partial charge in [-0.25, -0.2) is 0 Å². The molecule has 0 radical (unpaired) electrons. The predicted octanol–water partition coefficient (Wildman–Crippen LogP) is 2.44. The Morgan fingerprint density at radius 3 is 2.81 bits per heavy atom. The molecule has 0 fully saturated rings. The maximum Gasteiger partial charge on any atom is 0.101 e. The van der Waals surface area contributed by atoms with Crippen LogP contribution in [-0.2, 0) is 0 Å². The molecule has 0 spiro atoms. The molecule has 1 rings (SSSR count). The summed E-state index contributed by atoms with van der Waals surface area (Å²) in [4.78, 5) is 0. The van der Waals surface area contributed by atoms with Crippen LogP contribution in [0.1, 0.15) is 30.9 Å². The predicted molar refractivity (Wildman–Crippen MR) is 65.3 cm³/mol. The standard InChI is InChI=1S/C13H18N2O/c1-3-12(6-7-16)15-13-8-10(2)4-5-11(13)9-14/h4-5,8,12,15-16H,3,6-7H2,1-2H3. The van der Waals surface area contributed by atoms with Gasteiger partial charge in [-0.05, 0) is 37.5 Å². The third kappa shape index (κ3) is 3.25. The molecule has 0 aromatic heterocycles. The van der Waals surface area contributed by atoms with Gasteiger partial charge in [-0.3, -0.25) is 0 Å². The molecule has 1 atom stereocenters. The van der Waals surface area contributed by atoms with E-state index in [1.165, 1.54) is 0 Å². The van der Waals surface area contributed by atoms with E-state index in [2.05, 4.69) is 18.3 Å². The highest BCUT2D eigenvalue weighted by Crippen LogP contribution is 2.19. The van der Waals surface area contributed by atoms with Crippen molar-refractivity contribution < 1.29 is 5.11 Å². The van der Waals surface area contributed by atoms with Crippen LogP contribution in [0, 0.1) is 18.3 Å². The van der Waals surface area contributed by atoms with Crippen molar-refractivity contribution in [3.8, 4) is 6.07 Å². The van der Waals surface area contributed by atoms with Crippen LogP contribution < -0.4 is 5.32 Å². The second-order valence-electron chi connectivity index (χ2n) is 3.92. The number of aliphatic hydroxyl groups is 1. The van der Waals surface area contributed by atoms with Crippen LogP contribution >= 0.6 is 0 Å². The summed E-state index contributed by atoms with van der Waals surface area (Å²) in [6.07, 6.45) is 1.63. The van der Waals surface area contributed by atoms with Crippen molar-refractivity contribution in [2.75, 3.05) is 11.9 Å². The molecule has 1 aromatic rings. The number of rotatable bonds is 5. The van der Waals surface area contributed by atoms with Crippen LogP contribution in [0.4, 0.5) is 5.69 Å². The van der Waals surface area contributed by atoms with Crippen LogP contribution in [0.25, 0.3) is 0 Å². The smallest absolute Gasteiger partial charge is 0.101 e. The molecule has 1 unspecified atom stereocenters. The van der Waals surface area contributed by atoms with E-state index in [-0.39, 0.29) is 12.6 Å². The molecule has 0 aliphatic heterocycles. The first-order valence-corrected chi connectivity index (χ1v) is 5.59. The number of anilines is 1. The van der Waals surface area contributed by atoms with Gasteiger partial charge in [0.2, 0.25) is 0 Å². The van der Waals surface area contributed by atoms with Gasteiger partial charge in [0.25, 0.3) is 0 Å². The number of benzene rings is 1. The molecule has 16 heavy (non-hydrogen) atoms. The first-order chi connectivity index (χ1) is 7.71. The summed E-state index contributed by atoms with van der Waals surface area (Å²) >= 11 is 0. The van der Waals surface area contributed by atoms with E-state index in [9.17, 15) is 0 Å². The highest BCUT2D eigenvalue weighted by atomic mass is 16.3. The molecule has 3 heteroatoms. The fourth-order valence-corrected chi connectivity index (χ4v) is 1.63. The van der Waals surface area contributed by atoms with Gasteiger partial charge in [0.15, 0.2) is 0 Å². The fraction of sp³-hybridized carbons (Fsp3) is 0.462. The van der Waals surface area contributed by atoms with Gasteiger partial charge in [0.1, 0.15) is 6.07 Å². The number of hydrogen-bond acceptors (Lipinski definition) is 3. The monoisotopic (exact) mass is 218 g/mol. The lowest BCUT2D eigenvalue weighted by Gasteiger charge is -2.18. The Kier molecular flexibility index (Phi) is 4.81. The Bertz CT molecular complexity index is 382. The van der Waals surface area contributed by atoms with Crippen LogP contribution in [0.2, 0.25) is 0 Å². The number of aliphatic hydroxyl groups excluding tert-OH is 1. The Balaban J connectivity index is 2.86. The third-order valence-corrected chi connectivity index (χ3v) is 2.63. The van der Waals surface area contributed by atoms with Crippen LogP contribution in [0.3, 0.4) is 0 Å². The van der Waals surface area contributed by atoms with Gasteiger partial charge < -0.3 is 10.4 Å². The molecule has 1 aromatic carbocycles. The highest BCUT2D eigenvalue weighted by Gasteiger charge is 2.08. The van der Waals surface area contributed by atoms with E-state index in [4.69, 9.17) is 10.4 Å². The summed E-state index contributed by atoms with van der Waals surface area (Å²) in [6.45, 7) is 4.23. The number of aryl methyl sites for hydroxylation is 1. The molecule has 0 saturated carbocycles. The zero-order valence-corrected chi connectivity index (χ0v) is 9.83. The average molecular weight is 218 g/mol. The molecule has 0 saturated heterocycles. The summed E-state index contributed by atoms with van der Waals surface area (Å²) in [5.74, 6) is 0. The van der Waals surface area contributed by atoms with Crippen molar-refractivity contribution in [2.24, 2.45) is 0 Å². The molecule has 0 bridgehead atoms. The molecule has 0 heterocycles. The number of nitrogens with zero attached hydrogens (tertiary/aromatic N) is 1. The van der Waals surface area contributed by atoms with E-state index < -0.39 is 0 Å². The lowest BCUT2D eigenvalue weighted by Crippen LogP contribution is -2.20. The quantitative estimate of drug-likeness (QED) is 0.798. The largest absolute Gasteiger partial charge is 0.396 e. The maximum absolute atomic E-state index is 8.99. The lowest BCUT2D eigenvalue weighted by molar-refractivity contribution is 0.278. The van der Waals surface area contributed by atoms with E-state index >= 15 is 0 Å². The number of hydrogen-bond donors (Lipinski definition) is 2. The molecule has 0 aliphatic carbocycles. The van der Waals surface area contributed by atoms with Crippen LogP contribution in [0.15, 0.2) is 18.2 Å². The van der Waals surface area contributed by atoms with E-state index in [0.29, 0.717) is 12.0 Å². The Hall–Kier alpha value is -1.53. The fourth-order valence-electron chi connectivity index (χ4n) is 1.63. The molecular formula is C13H18N2O. The Labute approximate surface area is 96.7 Å². The molecular weight excluding hydrogens is 200 g/mol. The van der Waals surface area contributed by atoms with Gasteiger partial charge in [0.05, 0.1) is 11.3 Å². The van der Waals surface area contributed by atoms with E-state index in [1.807, 2.05) is 25.1 Å². The average Bonchev–Trinajstić information content (AvgIpc) is 2.29. The minimum absolute atomic E-state index is 0.166. The zero-order valence-electron chi connectivity index (χ0n) is 9.83. The molecule has 2 N–H and O–H groups in total. The zero-order chi connectivity index (χ0) is 12.0. The van der Waals surface area contributed by atoms with Crippen molar-refractivity contribution in [3.05, 3.63) is 29.3 Å². The highest BCUT2D eigenvalue weighted by molar-refractivity contribution is 5.59. The van der Waals surface area contributed by atoms with Crippen LogP contribution in [0.5, 0.6) is 0 Å². The minimum atomic E-state index is 0.166. The van der Waals surface area contributed by atoms with Gasteiger partial charge >= 0.3 is 0 Å². The Morgan fingerprint density at radius 2 is 2.25 bits per heavy atom. The molecule has 0 aliphatic rings. The van der Waals surface area contributed by atoms with Gasteiger partial charge in [-0.2, -0.15) is 5.26 Å². The van der Waals surface area contributed by atoms with Crippen LogP contribution in [-0.4, -0.2) is 17.8 Å². The minimum Gasteiger partial charge on any atom is -0.396 e. The van der Waals surface area contributed by atoms with E-state index in [0.717, 1.165) is 17.7 Å². The lowest BCUT2D eigenvalue weighted by atomic mass is 10.1. The number of nitriles is 1. The van der Waals surface area contributed by atoms with E-state index in [1.54, 1.807) is 0 Å². The number of nitrogens with one attached hydrogen (secondary N) is 1.